The van der Waals surface area contributed by atoms with E-state index in [0.29, 0.717) is 5.75 Å². The van der Waals surface area contributed by atoms with Gasteiger partial charge in [-0.2, -0.15) is 0 Å². The predicted octanol–water partition coefficient (Wildman–Crippen LogP) is 1.23. The summed E-state index contributed by atoms with van der Waals surface area (Å²) in [7, 11) is 1.64. The maximum absolute atomic E-state index is 5.79. The van der Waals surface area contributed by atoms with E-state index in [2.05, 4.69) is 17.1 Å². The highest BCUT2D eigenvalue weighted by molar-refractivity contribution is 5.55. The van der Waals surface area contributed by atoms with E-state index in [4.69, 9.17) is 18.9 Å². The molecule has 1 saturated heterocycles. The lowest BCUT2D eigenvalue weighted by Gasteiger charge is -2.32. The Morgan fingerprint density at radius 3 is 3.09 bits per heavy atom. The molecule has 0 bridgehead atoms. The van der Waals surface area contributed by atoms with Crippen molar-refractivity contribution in [1.29, 1.82) is 0 Å². The molecule has 22 heavy (non-hydrogen) atoms. The number of nitrogens with one attached hydrogen (secondary N) is 1. The van der Waals surface area contributed by atoms with Gasteiger partial charge in [-0.15, -0.1) is 0 Å². The van der Waals surface area contributed by atoms with Crippen LogP contribution in [0.3, 0.4) is 0 Å². The second kappa shape index (κ2) is 7.17. The number of likely N-dealkylation sites (N-methyl/N-ethyl adjacent to an activating group) is 1. The fourth-order valence-electron chi connectivity index (χ4n) is 2.85. The van der Waals surface area contributed by atoms with E-state index in [9.17, 15) is 0 Å². The zero-order valence-corrected chi connectivity index (χ0v) is 13.3. The normalized spacial score (nSPS) is 21.1. The first-order valence-corrected chi connectivity index (χ1v) is 7.81. The molecule has 1 N–H and O–H groups in total. The van der Waals surface area contributed by atoms with Gasteiger partial charge in [0.05, 0.1) is 19.8 Å². The third-order valence-corrected chi connectivity index (χ3v) is 4.09. The molecule has 6 heteroatoms. The summed E-state index contributed by atoms with van der Waals surface area (Å²) in [4.78, 5) is 2.42. The Balaban J connectivity index is 1.53. The Morgan fingerprint density at radius 1 is 1.36 bits per heavy atom. The van der Waals surface area contributed by atoms with Crippen LogP contribution in [0, 0.1) is 0 Å². The topological polar surface area (TPSA) is 52.2 Å². The maximum atomic E-state index is 5.79. The fourth-order valence-corrected chi connectivity index (χ4v) is 2.85. The van der Waals surface area contributed by atoms with Gasteiger partial charge in [0.25, 0.3) is 0 Å². The lowest BCUT2D eigenvalue weighted by molar-refractivity contribution is -0.0253. The average Bonchev–Trinajstić information content (AvgIpc) is 3.03. The van der Waals surface area contributed by atoms with Crippen molar-refractivity contribution in [2.24, 2.45) is 0 Å². The van der Waals surface area contributed by atoms with E-state index < -0.39 is 0 Å². The molecule has 0 amide bonds. The molecule has 1 atom stereocenters. The Labute approximate surface area is 131 Å². The van der Waals surface area contributed by atoms with E-state index in [-0.39, 0.29) is 12.9 Å². The molecule has 0 aliphatic carbocycles. The molecule has 6 nitrogen and oxygen atoms in total. The van der Waals surface area contributed by atoms with Crippen molar-refractivity contribution >= 4 is 0 Å². The van der Waals surface area contributed by atoms with Gasteiger partial charge in [-0.3, -0.25) is 4.90 Å². The molecule has 2 heterocycles. The zero-order valence-electron chi connectivity index (χ0n) is 13.3. The number of benzene rings is 1. The third kappa shape index (κ3) is 3.45. The molecule has 1 fully saturated rings. The van der Waals surface area contributed by atoms with Gasteiger partial charge in [-0.1, -0.05) is 6.92 Å². The molecule has 0 saturated carbocycles. The van der Waals surface area contributed by atoms with E-state index in [1.807, 2.05) is 12.1 Å². The smallest absolute Gasteiger partial charge is 0.231 e. The summed E-state index contributed by atoms with van der Waals surface area (Å²) in [5.74, 6) is 2.17. The molecule has 3 rings (SSSR count). The summed E-state index contributed by atoms with van der Waals surface area (Å²) in [6, 6.07) is 3.98. The fraction of sp³-hybridized carbons (Fsp3) is 0.625. The highest BCUT2D eigenvalue weighted by Gasteiger charge is 2.21. The Kier molecular flexibility index (Phi) is 5.02. The molecular weight excluding hydrogens is 284 g/mol. The minimum atomic E-state index is 0.254. The highest BCUT2D eigenvalue weighted by Crippen LogP contribution is 2.41. The molecule has 0 aromatic heterocycles. The van der Waals surface area contributed by atoms with Gasteiger partial charge in [-0.05, 0) is 24.2 Å². The minimum Gasteiger partial charge on any atom is -0.493 e. The average molecular weight is 308 g/mol. The van der Waals surface area contributed by atoms with Crippen molar-refractivity contribution in [3.63, 3.8) is 0 Å². The minimum absolute atomic E-state index is 0.254. The molecule has 2 aliphatic rings. The van der Waals surface area contributed by atoms with E-state index >= 15 is 0 Å². The molecule has 0 spiro atoms. The summed E-state index contributed by atoms with van der Waals surface area (Å²) in [6.07, 6.45) is 0.254. The number of fused-ring (bicyclic) bond motifs is 1. The first kappa shape index (κ1) is 15.4. The molecule has 1 aromatic rings. The van der Waals surface area contributed by atoms with Crippen LogP contribution in [0.4, 0.5) is 0 Å². The SMILES string of the molecule is CCN1CCO[C@H](CNCc2cc(OC)c3c(c2)OCO3)C1. The summed E-state index contributed by atoms with van der Waals surface area (Å²) in [5.41, 5.74) is 1.12. The van der Waals surface area contributed by atoms with Crippen LogP contribution in [0.5, 0.6) is 17.2 Å². The lowest BCUT2D eigenvalue weighted by atomic mass is 10.1. The van der Waals surface area contributed by atoms with E-state index in [1.54, 1.807) is 7.11 Å². The number of methoxy groups -OCH3 is 1. The summed E-state index contributed by atoms with van der Waals surface area (Å²) in [6.45, 7) is 7.96. The van der Waals surface area contributed by atoms with Gasteiger partial charge in [-0.25, -0.2) is 0 Å². The highest BCUT2D eigenvalue weighted by atomic mass is 16.7. The van der Waals surface area contributed by atoms with Gasteiger partial charge in [0.2, 0.25) is 12.5 Å². The first-order valence-electron chi connectivity index (χ1n) is 7.81. The zero-order chi connectivity index (χ0) is 15.4. The van der Waals surface area contributed by atoms with Crippen molar-refractivity contribution in [2.45, 2.75) is 19.6 Å². The van der Waals surface area contributed by atoms with Crippen LogP contribution in [0.2, 0.25) is 0 Å². The quantitative estimate of drug-likeness (QED) is 0.853. The van der Waals surface area contributed by atoms with Gasteiger partial charge < -0.3 is 24.3 Å². The molecular formula is C16H24N2O4. The number of ether oxygens (including phenoxy) is 4. The van der Waals surface area contributed by atoms with E-state index in [0.717, 1.165) is 56.4 Å². The van der Waals surface area contributed by atoms with Gasteiger partial charge in [0, 0.05) is 26.2 Å². The van der Waals surface area contributed by atoms with Gasteiger partial charge >= 0.3 is 0 Å². The lowest BCUT2D eigenvalue weighted by Crippen LogP contribution is -2.46. The number of rotatable bonds is 6. The summed E-state index contributed by atoms with van der Waals surface area (Å²) in [5, 5.41) is 3.45. The summed E-state index contributed by atoms with van der Waals surface area (Å²) >= 11 is 0. The Morgan fingerprint density at radius 2 is 2.27 bits per heavy atom. The second-order valence-electron chi connectivity index (χ2n) is 5.55. The maximum Gasteiger partial charge on any atom is 0.231 e. The first-order chi connectivity index (χ1) is 10.8. The van der Waals surface area contributed by atoms with Crippen LogP contribution in [0.25, 0.3) is 0 Å². The number of hydrogen-bond donors (Lipinski definition) is 1. The van der Waals surface area contributed by atoms with E-state index in [1.165, 1.54) is 0 Å². The molecule has 122 valence electrons. The van der Waals surface area contributed by atoms with Crippen LogP contribution < -0.4 is 19.5 Å². The molecule has 1 aromatic carbocycles. The van der Waals surface area contributed by atoms with Crippen LogP contribution in [-0.4, -0.2) is 57.7 Å². The van der Waals surface area contributed by atoms with Crippen molar-refractivity contribution < 1.29 is 18.9 Å². The van der Waals surface area contributed by atoms with Crippen molar-refractivity contribution in [3.8, 4) is 17.2 Å². The number of hydrogen-bond acceptors (Lipinski definition) is 6. The monoisotopic (exact) mass is 308 g/mol. The van der Waals surface area contributed by atoms with Crippen LogP contribution >= 0.6 is 0 Å². The van der Waals surface area contributed by atoms with Crippen LogP contribution in [0.15, 0.2) is 12.1 Å². The van der Waals surface area contributed by atoms with Gasteiger partial charge in [0.15, 0.2) is 11.5 Å². The molecule has 0 radical (unpaired) electrons. The number of nitrogens with zero attached hydrogens (tertiary/aromatic N) is 1. The van der Waals surface area contributed by atoms with Crippen molar-refractivity contribution in [2.75, 3.05) is 46.7 Å². The van der Waals surface area contributed by atoms with Crippen LogP contribution in [0.1, 0.15) is 12.5 Å². The standard InChI is InChI=1S/C16H24N2O4/c1-3-18-4-5-20-13(10-18)9-17-8-12-6-14(19-2)16-15(7-12)21-11-22-16/h6-7,13,17H,3-5,8-11H2,1-2H3/t13-/m1/s1. The Hall–Kier alpha value is -1.50. The Bertz CT molecular complexity index is 509. The number of morpholine rings is 1. The van der Waals surface area contributed by atoms with Crippen LogP contribution in [-0.2, 0) is 11.3 Å². The predicted molar refractivity (Wildman–Crippen MR) is 82.7 cm³/mol. The van der Waals surface area contributed by atoms with Crippen molar-refractivity contribution in [3.05, 3.63) is 17.7 Å². The summed E-state index contributed by atoms with van der Waals surface area (Å²) < 4.78 is 22.0. The molecule has 0 unspecified atom stereocenters. The van der Waals surface area contributed by atoms with Crippen molar-refractivity contribution in [1.82, 2.24) is 10.2 Å². The second-order valence-corrected chi connectivity index (χ2v) is 5.55. The van der Waals surface area contributed by atoms with Gasteiger partial charge in [0.1, 0.15) is 0 Å². The third-order valence-electron chi connectivity index (χ3n) is 4.09. The largest absolute Gasteiger partial charge is 0.493 e. The molecule has 2 aliphatic heterocycles.